The van der Waals surface area contributed by atoms with Crippen molar-refractivity contribution in [2.24, 2.45) is 0 Å². The number of halogens is 1. The zero-order valence-electron chi connectivity index (χ0n) is 7.02. The van der Waals surface area contributed by atoms with Crippen LogP contribution in [0.1, 0.15) is 13.8 Å². The molecule has 0 aromatic rings. The van der Waals surface area contributed by atoms with Crippen molar-refractivity contribution in [1.82, 2.24) is 0 Å². The Morgan fingerprint density at radius 1 is 1.45 bits per heavy atom. The lowest BCUT2D eigenvalue weighted by atomic mass is 10.1. The molecule has 0 radical (unpaired) electrons. The van der Waals surface area contributed by atoms with Crippen molar-refractivity contribution >= 4 is 15.9 Å². The van der Waals surface area contributed by atoms with Crippen molar-refractivity contribution in [2.75, 3.05) is 0 Å². The Morgan fingerprint density at radius 3 is 2.27 bits per heavy atom. The van der Waals surface area contributed by atoms with E-state index in [4.69, 9.17) is 0 Å². The Hall–Kier alpha value is -0.560. The standard InChI is InChI=1S/C10H13Br/c1-5-9(8(3)4)7-10(11)6-2/h5-7H,2-3H2,1,4H3/b9-5+,10-7+. The smallest absolute Gasteiger partial charge is 0.0175 e. The first-order valence-electron chi connectivity index (χ1n) is 3.43. The fraction of sp³-hybridized carbons (Fsp3) is 0.200. The molecule has 0 atom stereocenters. The molecule has 0 bridgehead atoms. The Balaban J connectivity index is 4.57. The summed E-state index contributed by atoms with van der Waals surface area (Å²) in [6.45, 7) is 11.5. The highest BCUT2D eigenvalue weighted by atomic mass is 79.9. The Labute approximate surface area is 77.1 Å². The molecule has 0 spiro atoms. The van der Waals surface area contributed by atoms with Gasteiger partial charge in [0.15, 0.2) is 0 Å². The van der Waals surface area contributed by atoms with Gasteiger partial charge in [0.2, 0.25) is 0 Å². The average Bonchev–Trinajstić information content (AvgIpc) is 1.99. The first-order chi connectivity index (χ1) is 5.11. The molecule has 0 unspecified atom stereocenters. The van der Waals surface area contributed by atoms with E-state index in [2.05, 4.69) is 29.1 Å². The largest absolute Gasteiger partial charge is 0.0979 e. The molecular formula is C10H13Br. The predicted molar refractivity (Wildman–Crippen MR) is 55.8 cm³/mol. The van der Waals surface area contributed by atoms with Crippen LogP contribution in [-0.4, -0.2) is 0 Å². The summed E-state index contributed by atoms with van der Waals surface area (Å²) in [7, 11) is 0. The number of hydrogen-bond acceptors (Lipinski definition) is 0. The zero-order valence-corrected chi connectivity index (χ0v) is 8.61. The first-order valence-corrected chi connectivity index (χ1v) is 4.23. The van der Waals surface area contributed by atoms with E-state index in [1.807, 2.05) is 26.0 Å². The summed E-state index contributed by atoms with van der Waals surface area (Å²) < 4.78 is 0.980. The van der Waals surface area contributed by atoms with Crippen molar-refractivity contribution in [2.45, 2.75) is 13.8 Å². The maximum atomic E-state index is 3.85. The predicted octanol–water partition coefficient (Wildman–Crippen LogP) is 3.97. The fourth-order valence-corrected chi connectivity index (χ4v) is 0.907. The van der Waals surface area contributed by atoms with Crippen molar-refractivity contribution in [3.8, 4) is 0 Å². The summed E-state index contributed by atoms with van der Waals surface area (Å²) >= 11 is 3.35. The van der Waals surface area contributed by atoms with Gasteiger partial charge in [0.05, 0.1) is 0 Å². The van der Waals surface area contributed by atoms with Gasteiger partial charge in [-0.15, -0.1) is 0 Å². The molecule has 0 fully saturated rings. The number of allylic oxidation sites excluding steroid dienone is 6. The summed E-state index contributed by atoms with van der Waals surface area (Å²) in [6.07, 6.45) is 5.77. The van der Waals surface area contributed by atoms with Gasteiger partial charge in [-0.2, -0.15) is 0 Å². The Morgan fingerprint density at radius 2 is 2.00 bits per heavy atom. The topological polar surface area (TPSA) is 0 Å². The maximum Gasteiger partial charge on any atom is 0.0175 e. The number of rotatable bonds is 3. The lowest BCUT2D eigenvalue weighted by Crippen LogP contribution is -1.78. The molecule has 0 rings (SSSR count). The summed E-state index contributed by atoms with van der Waals surface area (Å²) in [5.74, 6) is 0. The summed E-state index contributed by atoms with van der Waals surface area (Å²) in [5, 5.41) is 0. The molecule has 0 N–H and O–H groups in total. The van der Waals surface area contributed by atoms with E-state index in [9.17, 15) is 0 Å². The van der Waals surface area contributed by atoms with E-state index in [-0.39, 0.29) is 0 Å². The van der Waals surface area contributed by atoms with Gasteiger partial charge in [-0.05, 0) is 25.5 Å². The summed E-state index contributed by atoms with van der Waals surface area (Å²) in [5.41, 5.74) is 2.20. The third kappa shape index (κ3) is 3.99. The van der Waals surface area contributed by atoms with Crippen LogP contribution >= 0.6 is 15.9 Å². The van der Waals surface area contributed by atoms with E-state index in [1.165, 1.54) is 0 Å². The molecule has 0 aliphatic carbocycles. The van der Waals surface area contributed by atoms with Crippen molar-refractivity contribution in [1.29, 1.82) is 0 Å². The lowest BCUT2D eigenvalue weighted by Gasteiger charge is -1.98. The van der Waals surface area contributed by atoms with Crippen molar-refractivity contribution < 1.29 is 0 Å². The van der Waals surface area contributed by atoms with Crippen LogP contribution in [0.25, 0.3) is 0 Å². The van der Waals surface area contributed by atoms with Gasteiger partial charge in [-0.1, -0.05) is 46.8 Å². The van der Waals surface area contributed by atoms with Crippen LogP contribution in [0, 0.1) is 0 Å². The lowest BCUT2D eigenvalue weighted by molar-refractivity contribution is 1.42. The van der Waals surface area contributed by atoms with E-state index in [1.54, 1.807) is 6.08 Å². The minimum Gasteiger partial charge on any atom is -0.0979 e. The third-order valence-corrected chi connectivity index (χ3v) is 1.84. The molecule has 60 valence electrons. The molecule has 0 nitrogen and oxygen atoms in total. The van der Waals surface area contributed by atoms with Crippen LogP contribution in [0.15, 0.2) is 47.0 Å². The van der Waals surface area contributed by atoms with E-state index in [0.29, 0.717) is 0 Å². The second-order valence-corrected chi connectivity index (χ2v) is 3.17. The van der Waals surface area contributed by atoms with Gasteiger partial charge >= 0.3 is 0 Å². The zero-order chi connectivity index (χ0) is 8.85. The fourth-order valence-electron chi connectivity index (χ4n) is 0.660. The first kappa shape index (κ1) is 10.4. The average molecular weight is 213 g/mol. The van der Waals surface area contributed by atoms with Crippen LogP contribution < -0.4 is 0 Å². The second-order valence-electron chi connectivity index (χ2n) is 2.26. The molecule has 0 aromatic carbocycles. The third-order valence-electron chi connectivity index (χ3n) is 1.29. The molecule has 0 aliphatic rings. The molecule has 0 amide bonds. The van der Waals surface area contributed by atoms with Gasteiger partial charge in [0.1, 0.15) is 0 Å². The summed E-state index contributed by atoms with van der Waals surface area (Å²) in [4.78, 5) is 0. The van der Waals surface area contributed by atoms with Crippen molar-refractivity contribution in [3.05, 3.63) is 47.0 Å². The monoisotopic (exact) mass is 212 g/mol. The molecular weight excluding hydrogens is 200 g/mol. The maximum absolute atomic E-state index is 3.85. The quantitative estimate of drug-likeness (QED) is 0.622. The van der Waals surface area contributed by atoms with Gasteiger partial charge < -0.3 is 0 Å². The summed E-state index contributed by atoms with van der Waals surface area (Å²) in [6, 6.07) is 0. The van der Waals surface area contributed by atoms with E-state index < -0.39 is 0 Å². The molecule has 0 saturated heterocycles. The SMILES string of the molecule is C=C/C(Br)=C\C(=C/C)C(=C)C. The molecule has 0 aliphatic heterocycles. The van der Waals surface area contributed by atoms with Gasteiger partial charge in [-0.25, -0.2) is 0 Å². The van der Waals surface area contributed by atoms with Crippen LogP contribution in [0.4, 0.5) is 0 Å². The Kier molecular flexibility index (Phi) is 4.88. The molecule has 1 heteroatoms. The highest BCUT2D eigenvalue weighted by molar-refractivity contribution is 9.11. The molecule has 11 heavy (non-hydrogen) atoms. The molecule has 0 saturated carbocycles. The van der Waals surface area contributed by atoms with Crippen LogP contribution in [0.5, 0.6) is 0 Å². The normalized spacial score (nSPS) is 13.0. The molecule has 0 heterocycles. The van der Waals surface area contributed by atoms with Crippen molar-refractivity contribution in [3.63, 3.8) is 0 Å². The van der Waals surface area contributed by atoms with Gasteiger partial charge in [0.25, 0.3) is 0 Å². The molecule has 0 aromatic heterocycles. The van der Waals surface area contributed by atoms with Crippen LogP contribution in [0.2, 0.25) is 0 Å². The van der Waals surface area contributed by atoms with Gasteiger partial charge in [0, 0.05) is 4.48 Å². The highest BCUT2D eigenvalue weighted by Gasteiger charge is 1.91. The van der Waals surface area contributed by atoms with Crippen LogP contribution in [-0.2, 0) is 0 Å². The Bertz CT molecular complexity index is 219. The van der Waals surface area contributed by atoms with E-state index in [0.717, 1.165) is 15.6 Å². The van der Waals surface area contributed by atoms with E-state index >= 15 is 0 Å². The van der Waals surface area contributed by atoms with Crippen LogP contribution in [0.3, 0.4) is 0 Å². The second kappa shape index (κ2) is 5.14. The van der Waals surface area contributed by atoms with Gasteiger partial charge in [-0.3, -0.25) is 0 Å². The number of hydrogen-bond donors (Lipinski definition) is 0. The minimum absolute atomic E-state index is 0.980. The highest BCUT2D eigenvalue weighted by Crippen LogP contribution is 2.15. The minimum atomic E-state index is 0.980.